The normalized spacial score (nSPS) is 18.6. The van der Waals surface area contributed by atoms with Crippen LogP contribution in [-0.4, -0.2) is 37.3 Å². The first kappa shape index (κ1) is 12.8. The first-order valence-corrected chi connectivity index (χ1v) is 6.25. The van der Waals surface area contributed by atoms with Gasteiger partial charge in [0, 0.05) is 25.3 Å². The van der Waals surface area contributed by atoms with Gasteiger partial charge in [-0.3, -0.25) is 4.79 Å². The number of amides is 1. The van der Waals surface area contributed by atoms with E-state index in [2.05, 4.69) is 10.3 Å². The number of hydrogen-bond acceptors (Lipinski definition) is 4. The van der Waals surface area contributed by atoms with E-state index in [1.165, 1.54) is 0 Å². The van der Waals surface area contributed by atoms with Crippen LogP contribution in [-0.2, 0) is 4.74 Å². The van der Waals surface area contributed by atoms with Gasteiger partial charge in [0.1, 0.15) is 5.56 Å². The SMILES string of the molecule is CCOc1ncccc1C(=O)NCC1CCOC1. The number of rotatable bonds is 5. The van der Waals surface area contributed by atoms with Gasteiger partial charge in [0.25, 0.3) is 5.91 Å². The monoisotopic (exact) mass is 250 g/mol. The number of carbonyl (C=O) groups is 1. The summed E-state index contributed by atoms with van der Waals surface area (Å²) in [5, 5.41) is 2.90. The Morgan fingerprint density at radius 1 is 1.67 bits per heavy atom. The van der Waals surface area contributed by atoms with Crippen LogP contribution in [0.5, 0.6) is 5.88 Å². The quantitative estimate of drug-likeness (QED) is 0.854. The number of ether oxygens (including phenoxy) is 2. The molecule has 1 N–H and O–H groups in total. The van der Waals surface area contributed by atoms with Gasteiger partial charge < -0.3 is 14.8 Å². The van der Waals surface area contributed by atoms with E-state index in [-0.39, 0.29) is 5.91 Å². The molecule has 1 aromatic heterocycles. The van der Waals surface area contributed by atoms with Crippen molar-refractivity contribution in [2.45, 2.75) is 13.3 Å². The van der Waals surface area contributed by atoms with Gasteiger partial charge in [-0.05, 0) is 25.5 Å². The minimum atomic E-state index is -0.140. The number of carbonyl (C=O) groups excluding carboxylic acids is 1. The Morgan fingerprint density at radius 2 is 2.56 bits per heavy atom. The second-order valence-electron chi connectivity index (χ2n) is 4.23. The van der Waals surface area contributed by atoms with Crippen molar-refractivity contribution in [2.75, 3.05) is 26.4 Å². The summed E-state index contributed by atoms with van der Waals surface area (Å²) in [5.74, 6) is 0.666. The van der Waals surface area contributed by atoms with Crippen molar-refractivity contribution < 1.29 is 14.3 Å². The molecule has 1 aliphatic heterocycles. The molecule has 0 aromatic carbocycles. The van der Waals surface area contributed by atoms with Crippen molar-refractivity contribution in [3.05, 3.63) is 23.9 Å². The van der Waals surface area contributed by atoms with E-state index in [1.807, 2.05) is 6.92 Å². The van der Waals surface area contributed by atoms with Crippen LogP contribution in [0.4, 0.5) is 0 Å². The van der Waals surface area contributed by atoms with Crippen molar-refractivity contribution in [3.63, 3.8) is 0 Å². The van der Waals surface area contributed by atoms with Gasteiger partial charge >= 0.3 is 0 Å². The molecule has 5 nitrogen and oxygen atoms in total. The van der Waals surface area contributed by atoms with Crippen molar-refractivity contribution in [1.82, 2.24) is 10.3 Å². The lowest BCUT2D eigenvalue weighted by Gasteiger charge is -2.11. The molecule has 0 aliphatic carbocycles. The van der Waals surface area contributed by atoms with Crippen molar-refractivity contribution in [3.8, 4) is 5.88 Å². The predicted molar refractivity (Wildman–Crippen MR) is 66.7 cm³/mol. The van der Waals surface area contributed by atoms with Gasteiger partial charge in [0.15, 0.2) is 0 Å². The molecule has 1 unspecified atom stereocenters. The first-order valence-electron chi connectivity index (χ1n) is 6.25. The Hall–Kier alpha value is -1.62. The van der Waals surface area contributed by atoms with Crippen molar-refractivity contribution >= 4 is 5.91 Å². The highest BCUT2D eigenvalue weighted by Gasteiger charge is 2.18. The summed E-state index contributed by atoms with van der Waals surface area (Å²) in [4.78, 5) is 16.1. The highest BCUT2D eigenvalue weighted by molar-refractivity contribution is 5.96. The zero-order valence-electron chi connectivity index (χ0n) is 10.5. The molecule has 0 radical (unpaired) electrons. The van der Waals surface area contributed by atoms with E-state index in [4.69, 9.17) is 9.47 Å². The topological polar surface area (TPSA) is 60.5 Å². The Labute approximate surface area is 107 Å². The molecule has 2 heterocycles. The molecule has 18 heavy (non-hydrogen) atoms. The summed E-state index contributed by atoms with van der Waals surface area (Å²) in [6, 6.07) is 3.45. The van der Waals surface area contributed by atoms with Gasteiger partial charge in [-0.1, -0.05) is 0 Å². The van der Waals surface area contributed by atoms with Gasteiger partial charge in [0.05, 0.1) is 13.2 Å². The van der Waals surface area contributed by atoms with Gasteiger partial charge in [-0.2, -0.15) is 0 Å². The third kappa shape index (κ3) is 3.20. The fourth-order valence-electron chi connectivity index (χ4n) is 1.89. The molecule has 0 bridgehead atoms. The largest absolute Gasteiger partial charge is 0.477 e. The number of nitrogens with one attached hydrogen (secondary N) is 1. The number of pyridine rings is 1. The molecular formula is C13H18N2O3. The lowest BCUT2D eigenvalue weighted by molar-refractivity contribution is 0.0940. The van der Waals surface area contributed by atoms with Crippen LogP contribution in [0, 0.1) is 5.92 Å². The molecule has 0 saturated carbocycles. The van der Waals surface area contributed by atoms with E-state index < -0.39 is 0 Å². The maximum Gasteiger partial charge on any atom is 0.256 e. The predicted octanol–water partition coefficient (Wildman–Crippen LogP) is 1.25. The van der Waals surface area contributed by atoms with E-state index in [0.717, 1.165) is 19.6 Å². The Bertz CT molecular complexity index is 403. The van der Waals surface area contributed by atoms with Gasteiger partial charge in [0.2, 0.25) is 5.88 Å². The van der Waals surface area contributed by atoms with E-state index in [1.54, 1.807) is 18.3 Å². The number of hydrogen-bond donors (Lipinski definition) is 1. The van der Waals surface area contributed by atoms with Gasteiger partial charge in [-0.15, -0.1) is 0 Å². The zero-order chi connectivity index (χ0) is 12.8. The molecule has 2 rings (SSSR count). The third-order valence-corrected chi connectivity index (χ3v) is 2.87. The number of aromatic nitrogens is 1. The average molecular weight is 250 g/mol. The van der Waals surface area contributed by atoms with E-state index in [0.29, 0.717) is 30.5 Å². The lowest BCUT2D eigenvalue weighted by Crippen LogP contribution is -2.30. The van der Waals surface area contributed by atoms with E-state index in [9.17, 15) is 4.79 Å². The van der Waals surface area contributed by atoms with Crippen LogP contribution in [0.25, 0.3) is 0 Å². The van der Waals surface area contributed by atoms with Crippen LogP contribution >= 0.6 is 0 Å². The minimum absolute atomic E-state index is 0.140. The zero-order valence-corrected chi connectivity index (χ0v) is 10.5. The van der Waals surface area contributed by atoms with Crippen LogP contribution in [0.2, 0.25) is 0 Å². The van der Waals surface area contributed by atoms with Crippen LogP contribution in [0.15, 0.2) is 18.3 Å². The Morgan fingerprint density at radius 3 is 3.28 bits per heavy atom. The lowest BCUT2D eigenvalue weighted by atomic mass is 10.1. The highest BCUT2D eigenvalue weighted by Crippen LogP contribution is 2.15. The van der Waals surface area contributed by atoms with Gasteiger partial charge in [-0.25, -0.2) is 4.98 Å². The maximum atomic E-state index is 12.0. The molecule has 1 saturated heterocycles. The second kappa shape index (κ2) is 6.35. The molecular weight excluding hydrogens is 232 g/mol. The summed E-state index contributed by atoms with van der Waals surface area (Å²) in [6.45, 7) is 4.52. The fraction of sp³-hybridized carbons (Fsp3) is 0.538. The second-order valence-corrected chi connectivity index (χ2v) is 4.23. The molecule has 98 valence electrons. The molecule has 5 heteroatoms. The average Bonchev–Trinajstić information content (AvgIpc) is 2.90. The smallest absolute Gasteiger partial charge is 0.256 e. The minimum Gasteiger partial charge on any atom is -0.477 e. The molecule has 1 aromatic rings. The molecule has 1 aliphatic rings. The standard InChI is InChI=1S/C13H18N2O3/c1-2-18-13-11(4-3-6-14-13)12(16)15-8-10-5-7-17-9-10/h3-4,6,10H,2,5,7-9H2,1H3,(H,15,16). The molecule has 0 spiro atoms. The first-order chi connectivity index (χ1) is 8.81. The number of nitrogens with zero attached hydrogens (tertiary/aromatic N) is 1. The summed E-state index contributed by atoms with van der Waals surface area (Å²) in [5.41, 5.74) is 0.485. The van der Waals surface area contributed by atoms with E-state index >= 15 is 0 Å². The van der Waals surface area contributed by atoms with Crippen LogP contribution in [0.3, 0.4) is 0 Å². The maximum absolute atomic E-state index is 12.0. The fourth-order valence-corrected chi connectivity index (χ4v) is 1.89. The molecule has 1 atom stereocenters. The molecule has 1 amide bonds. The summed E-state index contributed by atoms with van der Waals surface area (Å²) >= 11 is 0. The Kier molecular flexibility index (Phi) is 4.52. The highest BCUT2D eigenvalue weighted by atomic mass is 16.5. The van der Waals surface area contributed by atoms with Crippen LogP contribution < -0.4 is 10.1 Å². The van der Waals surface area contributed by atoms with Crippen LogP contribution in [0.1, 0.15) is 23.7 Å². The summed E-state index contributed by atoms with van der Waals surface area (Å²) in [6.07, 6.45) is 2.62. The summed E-state index contributed by atoms with van der Waals surface area (Å²) in [7, 11) is 0. The third-order valence-electron chi connectivity index (χ3n) is 2.87. The van der Waals surface area contributed by atoms with Crippen molar-refractivity contribution in [2.24, 2.45) is 5.92 Å². The Balaban J connectivity index is 1.94. The van der Waals surface area contributed by atoms with Crippen molar-refractivity contribution in [1.29, 1.82) is 0 Å². The summed E-state index contributed by atoms with van der Waals surface area (Å²) < 4.78 is 10.6. The molecule has 1 fully saturated rings.